The maximum Gasteiger partial charge on any atom is 0.272 e. The molecule has 0 aliphatic heterocycles. The van der Waals surface area contributed by atoms with Gasteiger partial charge in [0.25, 0.3) is 5.91 Å². The van der Waals surface area contributed by atoms with Gasteiger partial charge in [0, 0.05) is 35.0 Å². The van der Waals surface area contributed by atoms with E-state index < -0.39 is 0 Å². The molecule has 9 heteroatoms. The van der Waals surface area contributed by atoms with E-state index in [1.54, 1.807) is 37.4 Å². The first-order valence-corrected chi connectivity index (χ1v) is 12.3. The Labute approximate surface area is 220 Å². The van der Waals surface area contributed by atoms with Gasteiger partial charge >= 0.3 is 0 Å². The molecule has 0 unspecified atom stereocenters. The Morgan fingerprint density at radius 1 is 1.11 bits per heavy atom. The molecular formula is C28H29ClN4O4. The molecule has 1 atom stereocenters. The van der Waals surface area contributed by atoms with Crippen molar-refractivity contribution in [3.63, 3.8) is 0 Å². The van der Waals surface area contributed by atoms with Crippen molar-refractivity contribution in [2.24, 2.45) is 0 Å². The molecule has 192 valence electrons. The topological polar surface area (TPSA) is 106 Å². The van der Waals surface area contributed by atoms with E-state index in [2.05, 4.69) is 20.6 Å². The quantitative estimate of drug-likeness (QED) is 0.295. The fourth-order valence-electron chi connectivity index (χ4n) is 4.19. The summed E-state index contributed by atoms with van der Waals surface area (Å²) in [5.41, 5.74) is 3.90. The Kier molecular flexibility index (Phi) is 7.50. The highest BCUT2D eigenvalue weighted by Gasteiger charge is 2.22. The van der Waals surface area contributed by atoms with E-state index in [1.165, 1.54) is 7.11 Å². The summed E-state index contributed by atoms with van der Waals surface area (Å²) in [7, 11) is 1.53. The standard InChI is InChI=1S/C28H29ClN4O4/c1-14(2)31-28(35)24-21(7-8-22(29)33-24)32-17(5)19-11-15(3)12-20-25(34)16(4)26(37-27(19)20)18-9-10-30-23(13-18)36-6/h7-14,17,32H,1-6H3,(H,31,35)/t17-/m1/s1. The zero-order chi connectivity index (χ0) is 26.9. The van der Waals surface area contributed by atoms with Crippen LogP contribution in [0.15, 0.2) is 51.8 Å². The first kappa shape index (κ1) is 26.2. The third-order valence-corrected chi connectivity index (χ3v) is 6.14. The number of fused-ring (bicyclic) bond motifs is 1. The number of ether oxygens (including phenoxy) is 1. The Morgan fingerprint density at radius 2 is 1.86 bits per heavy atom. The Morgan fingerprint density at radius 3 is 2.57 bits per heavy atom. The predicted octanol–water partition coefficient (Wildman–Crippen LogP) is 5.84. The highest BCUT2D eigenvalue weighted by molar-refractivity contribution is 6.29. The Balaban J connectivity index is 1.84. The van der Waals surface area contributed by atoms with Crippen molar-refractivity contribution in [3.05, 3.63) is 80.4 Å². The molecule has 8 nitrogen and oxygen atoms in total. The third kappa shape index (κ3) is 5.44. The van der Waals surface area contributed by atoms with Crippen LogP contribution in [0, 0.1) is 13.8 Å². The van der Waals surface area contributed by atoms with Crippen molar-refractivity contribution in [2.45, 2.75) is 46.7 Å². The minimum atomic E-state index is -0.346. The van der Waals surface area contributed by atoms with E-state index in [1.807, 2.05) is 39.8 Å². The molecule has 4 aromatic rings. The summed E-state index contributed by atoms with van der Waals surface area (Å²) in [6.45, 7) is 9.35. The zero-order valence-corrected chi connectivity index (χ0v) is 22.4. The van der Waals surface area contributed by atoms with Gasteiger partial charge in [0.1, 0.15) is 16.5 Å². The first-order chi connectivity index (χ1) is 17.6. The highest BCUT2D eigenvalue weighted by atomic mass is 35.5. The van der Waals surface area contributed by atoms with Gasteiger partial charge < -0.3 is 19.8 Å². The van der Waals surface area contributed by atoms with Crippen molar-refractivity contribution in [3.8, 4) is 17.2 Å². The number of amides is 1. The predicted molar refractivity (Wildman–Crippen MR) is 146 cm³/mol. The van der Waals surface area contributed by atoms with Gasteiger partial charge in [-0.3, -0.25) is 9.59 Å². The van der Waals surface area contributed by atoms with Crippen LogP contribution < -0.4 is 20.8 Å². The fourth-order valence-corrected chi connectivity index (χ4v) is 4.34. The molecule has 3 heterocycles. The lowest BCUT2D eigenvalue weighted by Crippen LogP contribution is -2.31. The lowest BCUT2D eigenvalue weighted by molar-refractivity contribution is 0.0939. The second-order valence-electron chi connectivity index (χ2n) is 9.23. The van der Waals surface area contributed by atoms with Crippen LogP contribution in [0.3, 0.4) is 0 Å². The molecule has 1 amide bonds. The maximum atomic E-state index is 13.4. The number of anilines is 1. The van der Waals surface area contributed by atoms with Gasteiger partial charge in [-0.25, -0.2) is 9.97 Å². The second kappa shape index (κ2) is 10.6. The molecule has 0 radical (unpaired) electrons. The highest BCUT2D eigenvalue weighted by Crippen LogP contribution is 2.33. The summed E-state index contributed by atoms with van der Waals surface area (Å²) < 4.78 is 11.7. The molecule has 0 saturated carbocycles. The molecule has 1 aromatic carbocycles. The normalized spacial score (nSPS) is 12.0. The van der Waals surface area contributed by atoms with Crippen LogP contribution in [0.25, 0.3) is 22.3 Å². The van der Waals surface area contributed by atoms with Crippen molar-refractivity contribution in [1.29, 1.82) is 0 Å². The lowest BCUT2D eigenvalue weighted by atomic mass is 9.99. The maximum absolute atomic E-state index is 13.4. The number of aromatic nitrogens is 2. The van der Waals surface area contributed by atoms with Gasteiger partial charge in [0.15, 0.2) is 11.1 Å². The van der Waals surface area contributed by atoms with Crippen molar-refractivity contribution in [1.82, 2.24) is 15.3 Å². The molecular weight excluding hydrogens is 492 g/mol. The van der Waals surface area contributed by atoms with Gasteiger partial charge in [0.2, 0.25) is 5.88 Å². The van der Waals surface area contributed by atoms with Gasteiger partial charge in [-0.15, -0.1) is 0 Å². The van der Waals surface area contributed by atoms with Gasteiger partial charge in [0.05, 0.1) is 24.2 Å². The molecule has 37 heavy (non-hydrogen) atoms. The molecule has 0 aliphatic carbocycles. The van der Waals surface area contributed by atoms with Crippen LogP contribution in [0.4, 0.5) is 5.69 Å². The molecule has 3 aromatic heterocycles. The molecule has 0 bridgehead atoms. The first-order valence-electron chi connectivity index (χ1n) is 11.9. The Bertz CT molecular complexity index is 1550. The molecule has 0 spiro atoms. The molecule has 4 rings (SSSR count). The minimum absolute atomic E-state index is 0.0676. The van der Waals surface area contributed by atoms with Crippen LogP contribution in [-0.2, 0) is 0 Å². The number of rotatable bonds is 7. The minimum Gasteiger partial charge on any atom is -0.481 e. The number of carbonyl (C=O) groups excluding carboxylic acids is 1. The molecule has 0 fully saturated rings. The summed E-state index contributed by atoms with van der Waals surface area (Å²) in [5, 5.41) is 6.92. The average Bonchev–Trinajstić information content (AvgIpc) is 2.86. The second-order valence-corrected chi connectivity index (χ2v) is 9.61. The number of nitrogens with one attached hydrogen (secondary N) is 2. The van der Waals surface area contributed by atoms with Crippen LogP contribution >= 0.6 is 11.6 Å². The SMILES string of the molecule is COc1cc(-c2oc3c([C@@H](C)Nc4ccc(Cl)nc4C(=O)NC(C)C)cc(C)cc3c(=O)c2C)ccn1. The largest absolute Gasteiger partial charge is 0.481 e. The summed E-state index contributed by atoms with van der Waals surface area (Å²) >= 11 is 6.10. The summed E-state index contributed by atoms with van der Waals surface area (Å²) in [6.07, 6.45) is 1.61. The van der Waals surface area contributed by atoms with Crippen LogP contribution in [-0.4, -0.2) is 29.0 Å². The van der Waals surface area contributed by atoms with Crippen molar-refractivity contribution < 1.29 is 13.9 Å². The van der Waals surface area contributed by atoms with Gasteiger partial charge in [-0.05, 0) is 64.4 Å². The summed E-state index contributed by atoms with van der Waals surface area (Å²) in [6, 6.07) is 10.2. The third-order valence-electron chi connectivity index (χ3n) is 5.93. The lowest BCUT2D eigenvalue weighted by Gasteiger charge is -2.20. The average molecular weight is 521 g/mol. The monoisotopic (exact) mass is 520 g/mol. The van der Waals surface area contributed by atoms with Crippen molar-refractivity contribution in [2.75, 3.05) is 12.4 Å². The van der Waals surface area contributed by atoms with Gasteiger partial charge in [-0.1, -0.05) is 17.7 Å². The zero-order valence-electron chi connectivity index (χ0n) is 21.6. The molecule has 0 saturated heterocycles. The van der Waals surface area contributed by atoms with E-state index in [-0.39, 0.29) is 34.3 Å². The molecule has 0 aliphatic rings. The number of carbonyl (C=O) groups is 1. The fraction of sp³-hybridized carbons (Fsp3) is 0.286. The van der Waals surface area contributed by atoms with Crippen LogP contribution in [0.2, 0.25) is 5.15 Å². The summed E-state index contributed by atoms with van der Waals surface area (Å²) in [4.78, 5) is 34.6. The molecule has 2 N–H and O–H groups in total. The number of hydrogen-bond acceptors (Lipinski definition) is 7. The van der Waals surface area contributed by atoms with E-state index in [0.717, 1.165) is 11.1 Å². The van der Waals surface area contributed by atoms with Crippen LogP contribution in [0.5, 0.6) is 5.88 Å². The number of hydrogen-bond donors (Lipinski definition) is 2. The Hall–Kier alpha value is -3.91. The van der Waals surface area contributed by atoms with E-state index in [4.69, 9.17) is 20.8 Å². The van der Waals surface area contributed by atoms with E-state index in [9.17, 15) is 9.59 Å². The number of benzene rings is 1. The number of pyridine rings is 2. The number of aryl methyl sites for hydroxylation is 1. The smallest absolute Gasteiger partial charge is 0.272 e. The number of halogens is 1. The summed E-state index contributed by atoms with van der Waals surface area (Å²) in [5.74, 6) is 0.527. The van der Waals surface area contributed by atoms with Crippen molar-refractivity contribution >= 4 is 34.2 Å². The number of methoxy groups -OCH3 is 1. The van der Waals surface area contributed by atoms with Gasteiger partial charge in [-0.2, -0.15) is 0 Å². The van der Waals surface area contributed by atoms with Crippen LogP contribution in [0.1, 0.15) is 54.0 Å². The van der Waals surface area contributed by atoms with E-state index in [0.29, 0.717) is 39.4 Å². The number of nitrogens with zero attached hydrogens (tertiary/aromatic N) is 2. The van der Waals surface area contributed by atoms with E-state index >= 15 is 0 Å².